The summed E-state index contributed by atoms with van der Waals surface area (Å²) >= 11 is 12.1. The van der Waals surface area contributed by atoms with Gasteiger partial charge in [-0.15, -0.1) is 0 Å². The lowest BCUT2D eigenvalue weighted by atomic mass is 10.2. The van der Waals surface area contributed by atoms with E-state index in [1.807, 2.05) is 30.5 Å². The van der Waals surface area contributed by atoms with Gasteiger partial charge in [0, 0.05) is 22.0 Å². The fraction of sp³-hybridized carbons (Fsp3) is 0.154. The molecule has 5 heteroatoms. The SMILES string of the molecule is Cc1cc(/C=N/O)c(C)n1-c1ccc(Cl)cc1Cl. The van der Waals surface area contributed by atoms with E-state index in [2.05, 4.69) is 5.16 Å². The summed E-state index contributed by atoms with van der Waals surface area (Å²) in [6.45, 7) is 3.90. The van der Waals surface area contributed by atoms with E-state index in [0.717, 1.165) is 22.6 Å². The summed E-state index contributed by atoms with van der Waals surface area (Å²) in [6, 6.07) is 7.29. The van der Waals surface area contributed by atoms with Crippen LogP contribution in [0.4, 0.5) is 0 Å². The summed E-state index contributed by atoms with van der Waals surface area (Å²) in [5.41, 5.74) is 3.66. The Balaban J connectivity index is 2.64. The summed E-state index contributed by atoms with van der Waals surface area (Å²) in [7, 11) is 0. The zero-order chi connectivity index (χ0) is 13.3. The summed E-state index contributed by atoms with van der Waals surface area (Å²) in [5, 5.41) is 12.9. The number of benzene rings is 1. The maximum absolute atomic E-state index is 8.62. The molecule has 1 aromatic heterocycles. The molecule has 0 amide bonds. The first-order chi connectivity index (χ1) is 8.54. The Kier molecular flexibility index (Phi) is 3.64. The summed E-state index contributed by atoms with van der Waals surface area (Å²) in [5.74, 6) is 0. The first kappa shape index (κ1) is 13.0. The van der Waals surface area contributed by atoms with Gasteiger partial charge in [0.05, 0.1) is 16.9 Å². The fourth-order valence-electron chi connectivity index (χ4n) is 2.01. The number of rotatable bonds is 2. The number of aromatic nitrogens is 1. The Labute approximate surface area is 115 Å². The quantitative estimate of drug-likeness (QED) is 0.500. The average Bonchev–Trinajstić information content (AvgIpc) is 2.56. The van der Waals surface area contributed by atoms with Crippen molar-refractivity contribution in [3.05, 3.63) is 51.3 Å². The van der Waals surface area contributed by atoms with Gasteiger partial charge in [-0.1, -0.05) is 28.4 Å². The highest BCUT2D eigenvalue weighted by Gasteiger charge is 2.12. The Bertz CT molecular complexity index is 618. The Morgan fingerprint density at radius 3 is 2.56 bits per heavy atom. The summed E-state index contributed by atoms with van der Waals surface area (Å²) < 4.78 is 2.00. The van der Waals surface area contributed by atoms with Gasteiger partial charge in [-0.2, -0.15) is 0 Å². The lowest BCUT2D eigenvalue weighted by Crippen LogP contribution is -2.00. The predicted molar refractivity (Wildman–Crippen MR) is 74.6 cm³/mol. The van der Waals surface area contributed by atoms with Crippen LogP contribution in [0.2, 0.25) is 10.0 Å². The van der Waals surface area contributed by atoms with Gasteiger partial charge >= 0.3 is 0 Å². The van der Waals surface area contributed by atoms with Crippen LogP contribution < -0.4 is 0 Å². The van der Waals surface area contributed by atoms with Crippen LogP contribution in [-0.4, -0.2) is 16.0 Å². The maximum atomic E-state index is 8.62. The molecule has 1 N–H and O–H groups in total. The van der Waals surface area contributed by atoms with Crippen molar-refractivity contribution in [1.29, 1.82) is 0 Å². The number of halogens is 2. The van der Waals surface area contributed by atoms with Crippen molar-refractivity contribution in [3.63, 3.8) is 0 Å². The highest BCUT2D eigenvalue weighted by Crippen LogP contribution is 2.28. The van der Waals surface area contributed by atoms with E-state index in [4.69, 9.17) is 28.4 Å². The number of hydrogen-bond acceptors (Lipinski definition) is 2. The molecule has 0 bridgehead atoms. The molecule has 0 saturated carbocycles. The number of oxime groups is 1. The van der Waals surface area contributed by atoms with Gasteiger partial charge in [-0.05, 0) is 38.1 Å². The molecule has 18 heavy (non-hydrogen) atoms. The third kappa shape index (κ3) is 2.24. The van der Waals surface area contributed by atoms with E-state index >= 15 is 0 Å². The van der Waals surface area contributed by atoms with Gasteiger partial charge in [0.1, 0.15) is 0 Å². The van der Waals surface area contributed by atoms with Crippen LogP contribution in [-0.2, 0) is 0 Å². The highest BCUT2D eigenvalue weighted by molar-refractivity contribution is 6.35. The molecule has 0 saturated heterocycles. The maximum Gasteiger partial charge on any atom is 0.0752 e. The van der Waals surface area contributed by atoms with Gasteiger partial charge in [-0.25, -0.2) is 0 Å². The summed E-state index contributed by atoms with van der Waals surface area (Å²) in [4.78, 5) is 0. The third-order valence-corrected chi connectivity index (χ3v) is 3.36. The van der Waals surface area contributed by atoms with E-state index in [9.17, 15) is 0 Å². The lowest BCUT2D eigenvalue weighted by molar-refractivity contribution is 0.322. The molecular formula is C13H12Cl2N2O. The average molecular weight is 283 g/mol. The predicted octanol–water partition coefficient (Wildman–Crippen LogP) is 4.21. The monoisotopic (exact) mass is 282 g/mol. The highest BCUT2D eigenvalue weighted by atomic mass is 35.5. The van der Waals surface area contributed by atoms with E-state index in [0.29, 0.717) is 10.0 Å². The smallest absolute Gasteiger partial charge is 0.0752 e. The Morgan fingerprint density at radius 1 is 1.22 bits per heavy atom. The largest absolute Gasteiger partial charge is 0.411 e. The zero-order valence-corrected chi connectivity index (χ0v) is 11.5. The van der Waals surface area contributed by atoms with Crippen molar-refractivity contribution in [2.24, 2.45) is 5.16 Å². The molecule has 0 fully saturated rings. The zero-order valence-electron chi connectivity index (χ0n) is 9.98. The van der Waals surface area contributed by atoms with Gasteiger partial charge < -0.3 is 9.77 Å². The van der Waals surface area contributed by atoms with Gasteiger partial charge in [0.15, 0.2) is 0 Å². The van der Waals surface area contributed by atoms with Crippen LogP contribution in [0.3, 0.4) is 0 Å². The molecule has 2 rings (SSSR count). The van der Waals surface area contributed by atoms with E-state index < -0.39 is 0 Å². The minimum atomic E-state index is 0.580. The molecule has 0 radical (unpaired) electrons. The molecule has 0 aliphatic heterocycles. The molecule has 1 aromatic carbocycles. The van der Waals surface area contributed by atoms with E-state index in [-0.39, 0.29) is 0 Å². The van der Waals surface area contributed by atoms with Crippen molar-refractivity contribution >= 4 is 29.4 Å². The molecule has 2 aromatic rings. The van der Waals surface area contributed by atoms with Crippen LogP contribution >= 0.6 is 23.2 Å². The topological polar surface area (TPSA) is 37.5 Å². The van der Waals surface area contributed by atoms with E-state index in [1.165, 1.54) is 6.21 Å². The molecular weight excluding hydrogens is 271 g/mol. The Morgan fingerprint density at radius 2 is 1.94 bits per heavy atom. The first-order valence-electron chi connectivity index (χ1n) is 5.36. The molecule has 0 aliphatic carbocycles. The molecule has 3 nitrogen and oxygen atoms in total. The second-order valence-corrected chi connectivity index (χ2v) is 4.85. The molecule has 0 spiro atoms. The number of nitrogens with zero attached hydrogens (tertiary/aromatic N) is 2. The molecule has 1 heterocycles. The van der Waals surface area contributed by atoms with Crippen LogP contribution in [0, 0.1) is 13.8 Å². The van der Waals surface area contributed by atoms with Crippen molar-refractivity contribution in [2.75, 3.05) is 0 Å². The van der Waals surface area contributed by atoms with E-state index in [1.54, 1.807) is 12.1 Å². The molecule has 0 atom stereocenters. The van der Waals surface area contributed by atoms with Crippen LogP contribution in [0.25, 0.3) is 5.69 Å². The number of hydrogen-bond donors (Lipinski definition) is 1. The van der Waals surface area contributed by atoms with Crippen LogP contribution in [0.5, 0.6) is 0 Å². The second-order valence-electron chi connectivity index (χ2n) is 4.00. The molecule has 0 aliphatic rings. The molecule has 94 valence electrons. The van der Waals surface area contributed by atoms with Crippen LogP contribution in [0.15, 0.2) is 29.4 Å². The van der Waals surface area contributed by atoms with Gasteiger partial charge in [-0.3, -0.25) is 0 Å². The first-order valence-corrected chi connectivity index (χ1v) is 6.12. The van der Waals surface area contributed by atoms with Gasteiger partial charge in [0.2, 0.25) is 0 Å². The lowest BCUT2D eigenvalue weighted by Gasteiger charge is -2.11. The van der Waals surface area contributed by atoms with Crippen LogP contribution in [0.1, 0.15) is 17.0 Å². The Hall–Kier alpha value is -1.45. The van der Waals surface area contributed by atoms with Crippen molar-refractivity contribution in [3.8, 4) is 5.69 Å². The third-order valence-electron chi connectivity index (χ3n) is 2.82. The fourth-order valence-corrected chi connectivity index (χ4v) is 2.51. The second kappa shape index (κ2) is 5.04. The van der Waals surface area contributed by atoms with Crippen molar-refractivity contribution < 1.29 is 5.21 Å². The van der Waals surface area contributed by atoms with Crippen molar-refractivity contribution in [2.45, 2.75) is 13.8 Å². The number of aryl methyl sites for hydroxylation is 1. The minimum absolute atomic E-state index is 0.580. The summed E-state index contributed by atoms with van der Waals surface area (Å²) in [6.07, 6.45) is 1.41. The van der Waals surface area contributed by atoms with Crippen molar-refractivity contribution in [1.82, 2.24) is 4.57 Å². The van der Waals surface area contributed by atoms with Gasteiger partial charge in [0.25, 0.3) is 0 Å². The standard InChI is InChI=1S/C13H12Cl2N2O/c1-8-5-10(7-16-18)9(2)17(8)13-4-3-11(14)6-12(13)15/h3-7,18H,1-2H3/b16-7+. The minimum Gasteiger partial charge on any atom is -0.411 e. The molecule has 0 unspecified atom stereocenters. The normalized spacial score (nSPS) is 11.3.